The molecule has 3 nitrogen and oxygen atoms in total. The minimum absolute atomic E-state index is 0.402. The predicted octanol–water partition coefficient (Wildman–Crippen LogP) is 1.29. The number of aryl methyl sites for hydroxylation is 2. The highest BCUT2D eigenvalue weighted by molar-refractivity contribution is 5.54. The number of hydrogen-bond acceptors (Lipinski definition) is 3. The van der Waals surface area contributed by atoms with Crippen LogP contribution in [0.3, 0.4) is 0 Å². The zero-order chi connectivity index (χ0) is 10.7. The Hall–Kier alpha value is -1.06. The Morgan fingerprint density at radius 3 is 3.00 bits per heavy atom. The lowest BCUT2D eigenvalue weighted by atomic mass is 9.99. The van der Waals surface area contributed by atoms with Crippen molar-refractivity contribution in [2.45, 2.75) is 32.0 Å². The Morgan fingerprint density at radius 2 is 2.20 bits per heavy atom. The van der Waals surface area contributed by atoms with Crippen LogP contribution in [0.4, 0.5) is 5.69 Å². The molecule has 15 heavy (non-hydrogen) atoms. The summed E-state index contributed by atoms with van der Waals surface area (Å²) in [5.41, 5.74) is 3.75. The van der Waals surface area contributed by atoms with E-state index in [0.717, 1.165) is 18.5 Å². The van der Waals surface area contributed by atoms with Gasteiger partial charge in [-0.3, -0.25) is 0 Å². The lowest BCUT2D eigenvalue weighted by Crippen LogP contribution is -2.12. The van der Waals surface area contributed by atoms with Gasteiger partial charge in [0.15, 0.2) is 6.29 Å². The molecule has 0 fully saturated rings. The van der Waals surface area contributed by atoms with E-state index in [1.165, 1.54) is 17.7 Å². The third kappa shape index (κ3) is 2.70. The summed E-state index contributed by atoms with van der Waals surface area (Å²) in [6, 6.07) is 6.34. The first-order chi connectivity index (χ1) is 7.25. The fourth-order valence-corrected chi connectivity index (χ4v) is 1.96. The van der Waals surface area contributed by atoms with Crippen molar-refractivity contribution in [1.82, 2.24) is 0 Å². The molecule has 1 aliphatic rings. The van der Waals surface area contributed by atoms with Gasteiger partial charge >= 0.3 is 0 Å². The zero-order valence-corrected chi connectivity index (χ0v) is 8.74. The summed E-state index contributed by atoms with van der Waals surface area (Å²) in [5.74, 6) is 0. The van der Waals surface area contributed by atoms with Crippen LogP contribution in [0, 0.1) is 0 Å². The highest BCUT2D eigenvalue weighted by Crippen LogP contribution is 2.23. The van der Waals surface area contributed by atoms with Gasteiger partial charge < -0.3 is 15.5 Å². The number of hydrogen-bond donors (Lipinski definition) is 3. The van der Waals surface area contributed by atoms with Gasteiger partial charge in [-0.25, -0.2) is 0 Å². The highest BCUT2D eigenvalue weighted by Gasteiger charge is 2.08. The molecule has 2 rings (SSSR count). The van der Waals surface area contributed by atoms with Crippen molar-refractivity contribution < 1.29 is 10.2 Å². The molecule has 0 aliphatic carbocycles. The number of anilines is 1. The van der Waals surface area contributed by atoms with Gasteiger partial charge in [0.2, 0.25) is 0 Å². The van der Waals surface area contributed by atoms with E-state index in [-0.39, 0.29) is 0 Å². The molecule has 0 bridgehead atoms. The monoisotopic (exact) mass is 207 g/mol. The van der Waals surface area contributed by atoms with E-state index in [4.69, 9.17) is 10.2 Å². The van der Waals surface area contributed by atoms with Crippen molar-refractivity contribution in [3.63, 3.8) is 0 Å². The van der Waals surface area contributed by atoms with Gasteiger partial charge in [-0.05, 0) is 36.5 Å². The van der Waals surface area contributed by atoms with E-state index < -0.39 is 6.29 Å². The second-order valence-corrected chi connectivity index (χ2v) is 4.04. The Balaban J connectivity index is 2.07. The largest absolute Gasteiger partial charge is 0.385 e. The minimum atomic E-state index is -1.20. The molecule has 1 aliphatic heterocycles. The van der Waals surface area contributed by atoms with Crippen molar-refractivity contribution in [2.24, 2.45) is 0 Å². The van der Waals surface area contributed by atoms with Crippen LogP contribution in [0.2, 0.25) is 0 Å². The van der Waals surface area contributed by atoms with Crippen molar-refractivity contribution in [3.8, 4) is 0 Å². The molecule has 1 aromatic carbocycles. The molecule has 0 amide bonds. The number of aliphatic hydroxyl groups is 2. The standard InChI is InChI=1S/C12H17NO2/c14-12(15)6-4-9-3-5-10-2-1-7-13-11(10)8-9/h3,5,8,12-15H,1-2,4,6-7H2. The molecule has 0 atom stereocenters. The summed E-state index contributed by atoms with van der Waals surface area (Å²) in [5, 5.41) is 20.9. The van der Waals surface area contributed by atoms with Crippen LogP contribution in [-0.2, 0) is 12.8 Å². The Labute approximate surface area is 89.8 Å². The van der Waals surface area contributed by atoms with E-state index in [1.54, 1.807) is 0 Å². The van der Waals surface area contributed by atoms with Gasteiger partial charge in [-0.1, -0.05) is 12.1 Å². The molecular formula is C12H17NO2. The average molecular weight is 207 g/mol. The summed E-state index contributed by atoms with van der Waals surface area (Å²) < 4.78 is 0. The van der Waals surface area contributed by atoms with E-state index in [2.05, 4.69) is 23.5 Å². The molecule has 1 aromatic rings. The molecule has 0 saturated carbocycles. The number of fused-ring (bicyclic) bond motifs is 1. The Kier molecular flexibility index (Phi) is 3.23. The first-order valence-electron chi connectivity index (χ1n) is 5.47. The maximum atomic E-state index is 8.79. The van der Waals surface area contributed by atoms with Gasteiger partial charge in [0.05, 0.1) is 0 Å². The van der Waals surface area contributed by atoms with Gasteiger partial charge in [0.25, 0.3) is 0 Å². The number of benzene rings is 1. The van der Waals surface area contributed by atoms with E-state index in [0.29, 0.717) is 12.8 Å². The van der Waals surface area contributed by atoms with Gasteiger partial charge in [0, 0.05) is 18.7 Å². The molecule has 1 heterocycles. The lowest BCUT2D eigenvalue weighted by molar-refractivity contribution is -0.0446. The van der Waals surface area contributed by atoms with Gasteiger partial charge in [-0.2, -0.15) is 0 Å². The third-order valence-electron chi connectivity index (χ3n) is 2.80. The number of nitrogens with one attached hydrogen (secondary N) is 1. The first-order valence-corrected chi connectivity index (χ1v) is 5.47. The van der Waals surface area contributed by atoms with Crippen LogP contribution >= 0.6 is 0 Å². The highest BCUT2D eigenvalue weighted by atomic mass is 16.5. The first kappa shape index (κ1) is 10.5. The van der Waals surface area contributed by atoms with E-state index >= 15 is 0 Å². The van der Waals surface area contributed by atoms with Gasteiger partial charge in [-0.15, -0.1) is 0 Å². The lowest BCUT2D eigenvalue weighted by Gasteiger charge is -2.18. The van der Waals surface area contributed by atoms with E-state index in [1.807, 2.05) is 0 Å². The predicted molar refractivity (Wildman–Crippen MR) is 59.8 cm³/mol. The third-order valence-corrected chi connectivity index (χ3v) is 2.80. The van der Waals surface area contributed by atoms with Crippen LogP contribution in [0.25, 0.3) is 0 Å². The van der Waals surface area contributed by atoms with Crippen molar-refractivity contribution in [1.29, 1.82) is 0 Å². The van der Waals surface area contributed by atoms with Crippen LogP contribution in [0.15, 0.2) is 18.2 Å². The summed E-state index contributed by atoms with van der Waals surface area (Å²) in [4.78, 5) is 0. The van der Waals surface area contributed by atoms with Crippen LogP contribution in [-0.4, -0.2) is 23.0 Å². The van der Waals surface area contributed by atoms with Crippen molar-refractivity contribution in [3.05, 3.63) is 29.3 Å². The number of aliphatic hydroxyl groups excluding tert-OH is 1. The molecule has 0 aromatic heterocycles. The minimum Gasteiger partial charge on any atom is -0.385 e. The summed E-state index contributed by atoms with van der Waals surface area (Å²) in [6.45, 7) is 1.04. The van der Waals surface area contributed by atoms with Crippen LogP contribution < -0.4 is 5.32 Å². The topological polar surface area (TPSA) is 52.5 Å². The van der Waals surface area contributed by atoms with Crippen LogP contribution in [0.1, 0.15) is 24.0 Å². The number of rotatable bonds is 3. The fourth-order valence-electron chi connectivity index (χ4n) is 1.96. The van der Waals surface area contributed by atoms with Crippen molar-refractivity contribution in [2.75, 3.05) is 11.9 Å². The Bertz CT molecular complexity index is 336. The molecule has 0 saturated heterocycles. The molecule has 3 N–H and O–H groups in total. The average Bonchev–Trinajstić information content (AvgIpc) is 2.26. The maximum absolute atomic E-state index is 8.79. The maximum Gasteiger partial charge on any atom is 0.151 e. The van der Waals surface area contributed by atoms with E-state index in [9.17, 15) is 0 Å². The quantitative estimate of drug-likeness (QED) is 0.655. The second-order valence-electron chi connectivity index (χ2n) is 4.04. The SMILES string of the molecule is OC(O)CCc1ccc2c(c1)NCCC2. The summed E-state index contributed by atoms with van der Waals surface area (Å²) >= 11 is 0. The molecule has 0 spiro atoms. The van der Waals surface area contributed by atoms with Crippen LogP contribution in [0.5, 0.6) is 0 Å². The normalized spacial score (nSPS) is 14.9. The zero-order valence-electron chi connectivity index (χ0n) is 8.74. The van der Waals surface area contributed by atoms with Crippen molar-refractivity contribution >= 4 is 5.69 Å². The molecule has 0 radical (unpaired) electrons. The second kappa shape index (κ2) is 4.64. The fraction of sp³-hybridized carbons (Fsp3) is 0.500. The van der Waals surface area contributed by atoms with Gasteiger partial charge in [0.1, 0.15) is 0 Å². The summed E-state index contributed by atoms with van der Waals surface area (Å²) in [7, 11) is 0. The molecular weight excluding hydrogens is 190 g/mol. The summed E-state index contributed by atoms with van der Waals surface area (Å²) in [6.07, 6.45) is 2.26. The molecule has 0 unspecified atom stereocenters. The smallest absolute Gasteiger partial charge is 0.151 e. The molecule has 82 valence electrons. The molecule has 3 heteroatoms. The Morgan fingerprint density at radius 1 is 1.33 bits per heavy atom.